The summed E-state index contributed by atoms with van der Waals surface area (Å²) in [4.78, 5) is 15.1. The van der Waals surface area contributed by atoms with Crippen molar-refractivity contribution in [3.05, 3.63) is 17.0 Å². The third-order valence-electron chi connectivity index (χ3n) is 6.73. The molecule has 1 aromatic heterocycles. The van der Waals surface area contributed by atoms with E-state index >= 15 is 0 Å². The topological polar surface area (TPSA) is 56.6 Å². The van der Waals surface area contributed by atoms with E-state index in [0.29, 0.717) is 37.5 Å². The summed E-state index contributed by atoms with van der Waals surface area (Å²) in [6, 6.07) is -0.0790. The monoisotopic (exact) mass is 391 g/mol. The minimum Gasteiger partial charge on any atom is -0.377 e. The summed E-state index contributed by atoms with van der Waals surface area (Å²) in [6.07, 6.45) is 3.71. The van der Waals surface area contributed by atoms with E-state index in [2.05, 4.69) is 32.8 Å². The standard InChI is InChI=1S/C22H37N3O3/c1-14(2)18-8-7-15(3)11-20(18)28-13-21(26)25-9-10-27-12-19(25)22-16(4)23-24(6)17(22)5/h14-15,18-20H,7-13H2,1-6H3. The van der Waals surface area contributed by atoms with Gasteiger partial charge in [-0.25, -0.2) is 0 Å². The molecule has 1 saturated heterocycles. The summed E-state index contributed by atoms with van der Waals surface area (Å²) in [7, 11) is 1.95. The van der Waals surface area contributed by atoms with Gasteiger partial charge in [0.05, 0.1) is 31.1 Å². The van der Waals surface area contributed by atoms with Crippen LogP contribution in [0.5, 0.6) is 0 Å². The number of nitrogens with zero attached hydrogens (tertiary/aromatic N) is 3. The molecule has 1 aliphatic carbocycles. The summed E-state index contributed by atoms with van der Waals surface area (Å²) in [5.74, 6) is 1.88. The van der Waals surface area contributed by atoms with Crippen LogP contribution in [-0.2, 0) is 21.3 Å². The average Bonchev–Trinajstić information content (AvgIpc) is 2.91. The average molecular weight is 392 g/mol. The van der Waals surface area contributed by atoms with Crippen LogP contribution < -0.4 is 0 Å². The van der Waals surface area contributed by atoms with Crippen LogP contribution in [0.4, 0.5) is 0 Å². The summed E-state index contributed by atoms with van der Waals surface area (Å²) >= 11 is 0. The van der Waals surface area contributed by atoms with Gasteiger partial charge in [0.2, 0.25) is 5.91 Å². The molecule has 0 bridgehead atoms. The Hall–Kier alpha value is -1.40. The highest BCUT2D eigenvalue weighted by molar-refractivity contribution is 5.78. The molecule has 0 N–H and O–H groups in total. The Bertz CT molecular complexity index is 685. The smallest absolute Gasteiger partial charge is 0.249 e. The van der Waals surface area contributed by atoms with Crippen LogP contribution in [0.2, 0.25) is 0 Å². The van der Waals surface area contributed by atoms with E-state index < -0.39 is 0 Å². The van der Waals surface area contributed by atoms with Gasteiger partial charge >= 0.3 is 0 Å². The lowest BCUT2D eigenvalue weighted by atomic mass is 9.75. The minimum absolute atomic E-state index is 0.0664. The van der Waals surface area contributed by atoms with Crippen molar-refractivity contribution in [3.8, 4) is 0 Å². The van der Waals surface area contributed by atoms with Crippen LogP contribution in [0.15, 0.2) is 0 Å². The molecule has 28 heavy (non-hydrogen) atoms. The highest BCUT2D eigenvalue weighted by Gasteiger charge is 2.35. The van der Waals surface area contributed by atoms with Crippen molar-refractivity contribution in [3.63, 3.8) is 0 Å². The predicted molar refractivity (Wildman–Crippen MR) is 109 cm³/mol. The second kappa shape index (κ2) is 8.95. The Morgan fingerprint density at radius 1 is 1.32 bits per heavy atom. The third-order valence-corrected chi connectivity index (χ3v) is 6.73. The number of amides is 1. The predicted octanol–water partition coefficient (Wildman–Crippen LogP) is 3.41. The maximum atomic E-state index is 13.1. The van der Waals surface area contributed by atoms with Crippen molar-refractivity contribution in [2.24, 2.45) is 24.8 Å². The van der Waals surface area contributed by atoms with E-state index in [1.54, 1.807) is 0 Å². The largest absolute Gasteiger partial charge is 0.377 e. The van der Waals surface area contributed by atoms with E-state index in [4.69, 9.17) is 9.47 Å². The SMILES string of the molecule is Cc1nn(C)c(C)c1C1COCCN1C(=O)COC1CC(C)CCC1C(C)C. The number of rotatable bonds is 5. The molecule has 1 amide bonds. The first-order valence-corrected chi connectivity index (χ1v) is 10.8. The first-order valence-electron chi connectivity index (χ1n) is 10.8. The maximum absolute atomic E-state index is 13.1. The van der Waals surface area contributed by atoms with E-state index in [1.807, 2.05) is 23.6 Å². The molecule has 158 valence electrons. The molecule has 6 heteroatoms. The summed E-state index contributed by atoms with van der Waals surface area (Å²) in [5, 5.41) is 4.53. The molecule has 2 heterocycles. The molecule has 2 aliphatic rings. The Morgan fingerprint density at radius 2 is 2.07 bits per heavy atom. The molecule has 1 saturated carbocycles. The number of hydrogen-bond acceptors (Lipinski definition) is 4. The number of ether oxygens (including phenoxy) is 2. The highest BCUT2D eigenvalue weighted by Crippen LogP contribution is 2.35. The number of morpholine rings is 1. The highest BCUT2D eigenvalue weighted by atomic mass is 16.5. The van der Waals surface area contributed by atoms with Crippen LogP contribution in [-0.4, -0.2) is 53.1 Å². The Kier molecular flexibility index (Phi) is 6.81. The van der Waals surface area contributed by atoms with Gasteiger partial charge in [0.15, 0.2) is 0 Å². The fraction of sp³-hybridized carbons (Fsp3) is 0.818. The number of carbonyl (C=O) groups excluding carboxylic acids is 1. The molecule has 4 unspecified atom stereocenters. The zero-order chi connectivity index (χ0) is 20.4. The molecule has 6 nitrogen and oxygen atoms in total. The van der Waals surface area contributed by atoms with Gasteiger partial charge in [-0.1, -0.05) is 27.2 Å². The maximum Gasteiger partial charge on any atom is 0.249 e. The quantitative estimate of drug-likeness (QED) is 0.772. The van der Waals surface area contributed by atoms with Crippen molar-refractivity contribution in [1.29, 1.82) is 0 Å². The van der Waals surface area contributed by atoms with Gasteiger partial charge in [-0.3, -0.25) is 9.48 Å². The van der Waals surface area contributed by atoms with Crippen LogP contribution >= 0.6 is 0 Å². The molecule has 1 aliphatic heterocycles. The van der Waals surface area contributed by atoms with E-state index in [9.17, 15) is 4.79 Å². The molecule has 0 spiro atoms. The fourth-order valence-corrected chi connectivity index (χ4v) is 4.98. The van der Waals surface area contributed by atoms with Crippen LogP contribution in [0, 0.1) is 31.6 Å². The van der Waals surface area contributed by atoms with Gasteiger partial charge < -0.3 is 14.4 Å². The first-order chi connectivity index (χ1) is 13.3. The van der Waals surface area contributed by atoms with Gasteiger partial charge in [-0.15, -0.1) is 0 Å². The van der Waals surface area contributed by atoms with Gasteiger partial charge in [0.1, 0.15) is 6.61 Å². The number of aryl methyl sites for hydroxylation is 2. The molecule has 0 radical (unpaired) electrons. The molecule has 1 aromatic rings. The molecule has 4 atom stereocenters. The van der Waals surface area contributed by atoms with Crippen molar-refractivity contribution in [2.75, 3.05) is 26.4 Å². The van der Waals surface area contributed by atoms with Crippen LogP contribution in [0.3, 0.4) is 0 Å². The lowest BCUT2D eigenvalue weighted by molar-refractivity contribution is -0.150. The number of carbonyl (C=O) groups is 1. The number of hydrogen-bond donors (Lipinski definition) is 0. The molecule has 3 rings (SSSR count). The Morgan fingerprint density at radius 3 is 2.71 bits per heavy atom. The van der Waals surface area contributed by atoms with Crippen molar-refractivity contribution < 1.29 is 14.3 Å². The van der Waals surface area contributed by atoms with Crippen LogP contribution in [0.25, 0.3) is 0 Å². The molecular formula is C22H37N3O3. The Balaban J connectivity index is 1.69. The lowest BCUT2D eigenvalue weighted by Crippen LogP contribution is -2.46. The molecular weight excluding hydrogens is 354 g/mol. The zero-order valence-corrected chi connectivity index (χ0v) is 18.4. The first kappa shape index (κ1) is 21.3. The molecule has 2 fully saturated rings. The van der Waals surface area contributed by atoms with Gasteiger partial charge in [0.25, 0.3) is 0 Å². The van der Waals surface area contributed by atoms with Crippen molar-refractivity contribution in [1.82, 2.24) is 14.7 Å². The summed E-state index contributed by atoms with van der Waals surface area (Å²) < 4.78 is 13.8. The van der Waals surface area contributed by atoms with E-state index in [-0.39, 0.29) is 24.7 Å². The normalized spacial score (nSPS) is 28.8. The summed E-state index contributed by atoms with van der Waals surface area (Å²) in [6.45, 7) is 12.8. The summed E-state index contributed by atoms with van der Waals surface area (Å²) in [5.41, 5.74) is 3.17. The molecule has 0 aromatic carbocycles. The van der Waals surface area contributed by atoms with Crippen molar-refractivity contribution in [2.45, 2.75) is 66.0 Å². The van der Waals surface area contributed by atoms with Gasteiger partial charge in [0, 0.05) is 24.8 Å². The Labute approximate surface area is 169 Å². The minimum atomic E-state index is -0.0790. The second-order valence-electron chi connectivity index (χ2n) is 9.06. The second-order valence-corrected chi connectivity index (χ2v) is 9.06. The van der Waals surface area contributed by atoms with Crippen LogP contribution in [0.1, 0.15) is 63.0 Å². The van der Waals surface area contributed by atoms with E-state index in [0.717, 1.165) is 23.4 Å². The van der Waals surface area contributed by atoms with Crippen molar-refractivity contribution >= 4 is 5.91 Å². The number of aromatic nitrogens is 2. The van der Waals surface area contributed by atoms with Gasteiger partial charge in [-0.05, 0) is 44.4 Å². The van der Waals surface area contributed by atoms with Gasteiger partial charge in [-0.2, -0.15) is 5.10 Å². The lowest BCUT2D eigenvalue weighted by Gasteiger charge is -2.39. The fourth-order valence-electron chi connectivity index (χ4n) is 4.98. The van der Waals surface area contributed by atoms with E-state index in [1.165, 1.54) is 12.8 Å². The zero-order valence-electron chi connectivity index (χ0n) is 18.4. The third kappa shape index (κ3) is 4.43.